The Kier molecular flexibility index (Phi) is 4.35. The first-order valence-electron chi connectivity index (χ1n) is 5.28. The van der Waals surface area contributed by atoms with Crippen LogP contribution in [0.1, 0.15) is 30.4 Å². The zero-order valence-corrected chi connectivity index (χ0v) is 9.22. The van der Waals surface area contributed by atoms with E-state index >= 15 is 0 Å². The van der Waals surface area contributed by atoms with Gasteiger partial charge >= 0.3 is 6.18 Å². The summed E-state index contributed by atoms with van der Waals surface area (Å²) in [4.78, 5) is 0. The van der Waals surface area contributed by atoms with E-state index in [4.69, 9.17) is 5.73 Å². The van der Waals surface area contributed by atoms with Gasteiger partial charge in [0.05, 0.1) is 6.42 Å². The van der Waals surface area contributed by atoms with Gasteiger partial charge in [-0.3, -0.25) is 0 Å². The SMILES string of the molecule is CC(CCN)c1ccc(CC(F)(F)F)cc1. The highest BCUT2D eigenvalue weighted by atomic mass is 19.4. The Morgan fingerprint density at radius 2 is 1.75 bits per heavy atom. The Balaban J connectivity index is 2.68. The first-order chi connectivity index (χ1) is 7.42. The van der Waals surface area contributed by atoms with Gasteiger partial charge in [0.15, 0.2) is 0 Å². The number of halogens is 3. The van der Waals surface area contributed by atoms with Crippen LogP contribution in [-0.2, 0) is 6.42 Å². The summed E-state index contributed by atoms with van der Waals surface area (Å²) in [5.74, 6) is 0.296. The average molecular weight is 231 g/mol. The van der Waals surface area contributed by atoms with Crippen LogP contribution in [0.25, 0.3) is 0 Å². The minimum Gasteiger partial charge on any atom is -0.330 e. The summed E-state index contributed by atoms with van der Waals surface area (Å²) in [6, 6.07) is 6.58. The molecule has 0 amide bonds. The van der Waals surface area contributed by atoms with Crippen LogP contribution < -0.4 is 5.73 Å². The second kappa shape index (κ2) is 5.34. The molecule has 0 spiro atoms. The number of rotatable bonds is 4. The molecule has 1 rings (SSSR count). The minimum absolute atomic E-state index is 0.296. The molecule has 0 fully saturated rings. The molecule has 0 aliphatic carbocycles. The predicted molar refractivity (Wildman–Crippen MR) is 58.3 cm³/mol. The highest BCUT2D eigenvalue weighted by molar-refractivity contribution is 5.25. The fourth-order valence-corrected chi connectivity index (χ4v) is 1.61. The molecule has 0 bridgehead atoms. The molecule has 4 heteroatoms. The predicted octanol–water partition coefficient (Wildman–Crippen LogP) is 3.24. The highest BCUT2D eigenvalue weighted by Crippen LogP contribution is 2.23. The standard InChI is InChI=1S/C12H16F3N/c1-9(6-7-16)11-4-2-10(3-5-11)8-12(13,14)15/h2-5,9H,6-8,16H2,1H3. The number of nitrogens with two attached hydrogens (primary N) is 1. The van der Waals surface area contributed by atoms with Crippen molar-refractivity contribution >= 4 is 0 Å². The average Bonchev–Trinajstić information content (AvgIpc) is 2.16. The molecule has 0 saturated carbocycles. The van der Waals surface area contributed by atoms with Crippen LogP contribution in [0.3, 0.4) is 0 Å². The topological polar surface area (TPSA) is 26.0 Å². The van der Waals surface area contributed by atoms with Crippen LogP contribution in [0.15, 0.2) is 24.3 Å². The van der Waals surface area contributed by atoms with E-state index in [0.29, 0.717) is 18.0 Å². The molecule has 0 heterocycles. The molecule has 16 heavy (non-hydrogen) atoms. The van der Waals surface area contributed by atoms with E-state index in [0.717, 1.165) is 12.0 Å². The van der Waals surface area contributed by atoms with Crippen LogP contribution in [-0.4, -0.2) is 12.7 Å². The molecule has 0 aliphatic heterocycles. The number of alkyl halides is 3. The third-order valence-corrected chi connectivity index (χ3v) is 2.55. The molecule has 1 aromatic rings. The van der Waals surface area contributed by atoms with E-state index in [1.165, 1.54) is 12.1 Å². The largest absolute Gasteiger partial charge is 0.393 e. The van der Waals surface area contributed by atoms with Gasteiger partial charge in [-0.15, -0.1) is 0 Å². The summed E-state index contributed by atoms with van der Waals surface area (Å²) in [6.45, 7) is 2.61. The summed E-state index contributed by atoms with van der Waals surface area (Å²) >= 11 is 0. The Morgan fingerprint density at radius 3 is 2.19 bits per heavy atom. The molecule has 0 radical (unpaired) electrons. The first kappa shape index (κ1) is 13.0. The summed E-state index contributed by atoms with van der Waals surface area (Å²) in [5, 5.41) is 0. The number of hydrogen-bond acceptors (Lipinski definition) is 1. The molecule has 90 valence electrons. The summed E-state index contributed by atoms with van der Waals surface area (Å²) in [6.07, 6.45) is -4.15. The van der Waals surface area contributed by atoms with Crippen molar-refractivity contribution in [2.45, 2.75) is 31.9 Å². The van der Waals surface area contributed by atoms with Crippen molar-refractivity contribution in [3.63, 3.8) is 0 Å². The van der Waals surface area contributed by atoms with Gasteiger partial charge in [0.25, 0.3) is 0 Å². The molecular formula is C12H16F3N. The lowest BCUT2D eigenvalue weighted by molar-refractivity contribution is -0.127. The van der Waals surface area contributed by atoms with Gasteiger partial charge in [-0.05, 0) is 30.0 Å². The monoisotopic (exact) mass is 231 g/mol. The van der Waals surface area contributed by atoms with Crippen molar-refractivity contribution in [2.24, 2.45) is 5.73 Å². The van der Waals surface area contributed by atoms with Gasteiger partial charge in [0.1, 0.15) is 0 Å². The summed E-state index contributed by atoms with van der Waals surface area (Å²) in [7, 11) is 0. The van der Waals surface area contributed by atoms with Gasteiger partial charge in [0, 0.05) is 0 Å². The Labute approximate surface area is 93.5 Å². The van der Waals surface area contributed by atoms with Gasteiger partial charge in [-0.1, -0.05) is 31.2 Å². The molecule has 0 aromatic heterocycles. The lowest BCUT2D eigenvalue weighted by Crippen LogP contribution is -2.11. The minimum atomic E-state index is -4.13. The zero-order chi connectivity index (χ0) is 12.2. The lowest BCUT2D eigenvalue weighted by atomic mass is 9.96. The Bertz CT molecular complexity index is 316. The van der Waals surface area contributed by atoms with E-state index in [1.807, 2.05) is 6.92 Å². The quantitative estimate of drug-likeness (QED) is 0.845. The molecule has 2 N–H and O–H groups in total. The van der Waals surface area contributed by atoms with Gasteiger partial charge in [0.2, 0.25) is 0 Å². The number of benzene rings is 1. The van der Waals surface area contributed by atoms with Crippen LogP contribution >= 0.6 is 0 Å². The van der Waals surface area contributed by atoms with E-state index in [1.54, 1.807) is 12.1 Å². The second-order valence-electron chi connectivity index (χ2n) is 4.01. The van der Waals surface area contributed by atoms with Crippen LogP contribution in [0, 0.1) is 0 Å². The van der Waals surface area contributed by atoms with Crippen molar-refractivity contribution in [1.82, 2.24) is 0 Å². The Hall–Kier alpha value is -1.03. The molecule has 1 atom stereocenters. The maximum atomic E-state index is 12.1. The second-order valence-corrected chi connectivity index (χ2v) is 4.01. The van der Waals surface area contributed by atoms with Crippen LogP contribution in [0.2, 0.25) is 0 Å². The van der Waals surface area contributed by atoms with Crippen molar-refractivity contribution in [3.05, 3.63) is 35.4 Å². The summed E-state index contributed by atoms with van der Waals surface area (Å²) in [5.41, 5.74) is 6.77. The van der Waals surface area contributed by atoms with Crippen LogP contribution in [0.5, 0.6) is 0 Å². The van der Waals surface area contributed by atoms with Crippen molar-refractivity contribution in [1.29, 1.82) is 0 Å². The van der Waals surface area contributed by atoms with Crippen molar-refractivity contribution in [3.8, 4) is 0 Å². The third kappa shape index (κ3) is 4.23. The molecule has 1 unspecified atom stereocenters. The molecule has 0 aliphatic rings. The normalized spacial score (nSPS) is 13.8. The van der Waals surface area contributed by atoms with E-state index in [2.05, 4.69) is 0 Å². The lowest BCUT2D eigenvalue weighted by Gasteiger charge is -2.12. The van der Waals surface area contributed by atoms with E-state index in [-0.39, 0.29) is 0 Å². The maximum Gasteiger partial charge on any atom is 0.393 e. The molecular weight excluding hydrogens is 215 g/mol. The molecule has 0 saturated heterocycles. The van der Waals surface area contributed by atoms with Gasteiger partial charge < -0.3 is 5.73 Å². The van der Waals surface area contributed by atoms with Crippen molar-refractivity contribution in [2.75, 3.05) is 6.54 Å². The number of hydrogen-bond donors (Lipinski definition) is 1. The fraction of sp³-hybridized carbons (Fsp3) is 0.500. The van der Waals surface area contributed by atoms with E-state index in [9.17, 15) is 13.2 Å². The third-order valence-electron chi connectivity index (χ3n) is 2.55. The first-order valence-corrected chi connectivity index (χ1v) is 5.28. The zero-order valence-electron chi connectivity index (χ0n) is 9.22. The van der Waals surface area contributed by atoms with E-state index < -0.39 is 12.6 Å². The summed E-state index contributed by atoms with van der Waals surface area (Å²) < 4.78 is 36.3. The highest BCUT2D eigenvalue weighted by Gasteiger charge is 2.27. The Morgan fingerprint density at radius 1 is 1.19 bits per heavy atom. The molecule has 1 aromatic carbocycles. The fourth-order valence-electron chi connectivity index (χ4n) is 1.61. The van der Waals surface area contributed by atoms with Crippen LogP contribution in [0.4, 0.5) is 13.2 Å². The smallest absolute Gasteiger partial charge is 0.330 e. The molecule has 1 nitrogen and oxygen atoms in total. The van der Waals surface area contributed by atoms with Crippen molar-refractivity contribution < 1.29 is 13.2 Å². The van der Waals surface area contributed by atoms with Gasteiger partial charge in [-0.25, -0.2) is 0 Å². The maximum absolute atomic E-state index is 12.1. The van der Waals surface area contributed by atoms with Gasteiger partial charge in [-0.2, -0.15) is 13.2 Å².